The van der Waals surface area contributed by atoms with E-state index in [2.05, 4.69) is 5.32 Å². The summed E-state index contributed by atoms with van der Waals surface area (Å²) in [5, 5.41) is 2.40. The first-order valence-electron chi connectivity index (χ1n) is 9.07. The number of nitrogens with one attached hydrogen (secondary N) is 1. The Labute approximate surface area is 175 Å². The molecule has 1 atom stereocenters. The van der Waals surface area contributed by atoms with Crippen molar-refractivity contribution >= 4 is 51.5 Å². The molecule has 28 heavy (non-hydrogen) atoms. The lowest BCUT2D eigenvalue weighted by atomic mass is 10.1. The normalized spacial score (nSPS) is 16.4. The van der Waals surface area contributed by atoms with Crippen molar-refractivity contribution in [2.45, 2.75) is 18.1 Å². The van der Waals surface area contributed by atoms with Gasteiger partial charge in [0.05, 0.1) is 5.25 Å². The maximum atomic E-state index is 12.7. The molecule has 1 saturated heterocycles. The second-order valence-electron chi connectivity index (χ2n) is 6.79. The van der Waals surface area contributed by atoms with Gasteiger partial charge in [-0.05, 0) is 36.2 Å². The van der Waals surface area contributed by atoms with Gasteiger partial charge in [0.1, 0.15) is 4.32 Å². The third-order valence-corrected chi connectivity index (χ3v) is 6.09. The predicted octanol–water partition coefficient (Wildman–Crippen LogP) is 3.55. The monoisotopic (exact) mass is 413 g/mol. The minimum Gasteiger partial charge on any atom is -0.378 e. The molecule has 1 N–H and O–H groups in total. The van der Waals surface area contributed by atoms with Crippen LogP contribution in [0.2, 0.25) is 0 Å². The second-order valence-corrected chi connectivity index (χ2v) is 8.63. The van der Waals surface area contributed by atoms with Crippen LogP contribution in [0, 0.1) is 0 Å². The largest absolute Gasteiger partial charge is 0.378 e. The summed E-state index contributed by atoms with van der Waals surface area (Å²) < 4.78 is 0.550. The molecule has 2 amide bonds. The van der Waals surface area contributed by atoms with E-state index in [4.69, 9.17) is 12.2 Å². The molecule has 1 unspecified atom stereocenters. The van der Waals surface area contributed by atoms with E-state index in [1.165, 1.54) is 11.8 Å². The number of carbonyl (C=O) groups is 2. The Morgan fingerprint density at radius 2 is 1.82 bits per heavy atom. The van der Waals surface area contributed by atoms with Crippen molar-refractivity contribution in [1.82, 2.24) is 4.90 Å². The van der Waals surface area contributed by atoms with Gasteiger partial charge in [0.2, 0.25) is 11.8 Å². The number of anilines is 2. The average Bonchev–Trinajstić information content (AvgIpc) is 2.94. The fourth-order valence-corrected chi connectivity index (χ4v) is 4.48. The highest BCUT2D eigenvalue weighted by atomic mass is 32.2. The smallest absolute Gasteiger partial charge is 0.242 e. The van der Waals surface area contributed by atoms with E-state index in [1.807, 2.05) is 73.6 Å². The van der Waals surface area contributed by atoms with Crippen molar-refractivity contribution in [3.05, 3.63) is 60.2 Å². The van der Waals surface area contributed by atoms with Gasteiger partial charge in [0, 0.05) is 38.4 Å². The summed E-state index contributed by atoms with van der Waals surface area (Å²) in [6, 6.07) is 17.6. The van der Waals surface area contributed by atoms with Gasteiger partial charge in [0.25, 0.3) is 0 Å². The summed E-state index contributed by atoms with van der Waals surface area (Å²) in [4.78, 5) is 28.7. The lowest BCUT2D eigenvalue weighted by molar-refractivity contribution is -0.128. The van der Waals surface area contributed by atoms with Crippen LogP contribution >= 0.6 is 24.0 Å². The van der Waals surface area contributed by atoms with Crippen molar-refractivity contribution in [2.75, 3.05) is 30.9 Å². The standard InChI is InChI=1S/C21H23N3O2S2/c1-23(2)17-10-8-16(9-11-17)22-19(25)14-18-20(26)24(21(27)28-18)13-12-15-6-4-3-5-7-15/h3-11,18H,12-14H2,1-2H3,(H,22,25). The molecule has 1 aliphatic rings. The quantitative estimate of drug-likeness (QED) is 0.704. The maximum Gasteiger partial charge on any atom is 0.242 e. The first kappa shape index (κ1) is 20.4. The lowest BCUT2D eigenvalue weighted by Gasteiger charge is -2.15. The number of benzene rings is 2. The van der Waals surface area contributed by atoms with Gasteiger partial charge < -0.3 is 10.2 Å². The Morgan fingerprint density at radius 1 is 1.14 bits per heavy atom. The van der Waals surface area contributed by atoms with Crippen molar-refractivity contribution in [3.8, 4) is 0 Å². The first-order chi connectivity index (χ1) is 13.4. The maximum absolute atomic E-state index is 12.7. The Balaban J connectivity index is 1.53. The molecule has 7 heteroatoms. The zero-order valence-corrected chi connectivity index (χ0v) is 17.6. The minimum atomic E-state index is -0.454. The van der Waals surface area contributed by atoms with Crippen LogP contribution in [0.1, 0.15) is 12.0 Å². The van der Waals surface area contributed by atoms with E-state index in [1.54, 1.807) is 4.90 Å². The first-order valence-corrected chi connectivity index (χ1v) is 10.4. The van der Waals surface area contributed by atoms with E-state index >= 15 is 0 Å². The number of carbonyl (C=O) groups excluding carboxylic acids is 2. The molecule has 0 radical (unpaired) electrons. The summed E-state index contributed by atoms with van der Waals surface area (Å²) >= 11 is 6.67. The van der Waals surface area contributed by atoms with Crippen molar-refractivity contribution in [1.29, 1.82) is 0 Å². The van der Waals surface area contributed by atoms with Crippen LogP contribution in [0.15, 0.2) is 54.6 Å². The van der Waals surface area contributed by atoms with Crippen LogP contribution in [-0.2, 0) is 16.0 Å². The van der Waals surface area contributed by atoms with Crippen LogP contribution in [0.4, 0.5) is 11.4 Å². The molecule has 0 spiro atoms. The van der Waals surface area contributed by atoms with E-state index in [-0.39, 0.29) is 18.2 Å². The molecule has 0 aliphatic carbocycles. The summed E-state index contributed by atoms with van der Waals surface area (Å²) in [6.45, 7) is 0.540. The second kappa shape index (κ2) is 9.21. The van der Waals surface area contributed by atoms with Gasteiger partial charge in [0.15, 0.2) is 0 Å². The van der Waals surface area contributed by atoms with Crippen LogP contribution in [-0.4, -0.2) is 46.9 Å². The fraction of sp³-hybridized carbons (Fsp3) is 0.286. The fourth-order valence-electron chi connectivity index (χ4n) is 2.94. The molecule has 146 valence electrons. The zero-order chi connectivity index (χ0) is 20.1. The molecule has 1 heterocycles. The number of thiocarbonyl (C=S) groups is 1. The van der Waals surface area contributed by atoms with E-state index in [0.717, 1.165) is 23.4 Å². The third-order valence-electron chi connectivity index (χ3n) is 4.51. The Bertz CT molecular complexity index is 854. The van der Waals surface area contributed by atoms with Crippen molar-refractivity contribution in [3.63, 3.8) is 0 Å². The van der Waals surface area contributed by atoms with Gasteiger partial charge in [-0.25, -0.2) is 0 Å². The molecular formula is C21H23N3O2S2. The van der Waals surface area contributed by atoms with Crippen molar-refractivity contribution < 1.29 is 9.59 Å². The van der Waals surface area contributed by atoms with E-state index in [0.29, 0.717) is 10.9 Å². The van der Waals surface area contributed by atoms with Gasteiger partial charge in [-0.3, -0.25) is 14.5 Å². The third kappa shape index (κ3) is 5.11. The lowest BCUT2D eigenvalue weighted by Crippen LogP contribution is -2.34. The SMILES string of the molecule is CN(C)c1ccc(NC(=O)CC2SC(=S)N(CCc3ccccc3)C2=O)cc1. The van der Waals surface area contributed by atoms with Gasteiger partial charge in [-0.15, -0.1) is 0 Å². The molecule has 3 rings (SSSR count). The zero-order valence-electron chi connectivity index (χ0n) is 15.9. The highest BCUT2D eigenvalue weighted by Gasteiger charge is 2.37. The summed E-state index contributed by atoms with van der Waals surface area (Å²) in [5.74, 6) is -0.264. The molecule has 0 aromatic heterocycles. The minimum absolute atomic E-state index is 0.0796. The molecule has 2 aromatic carbocycles. The number of amides is 2. The van der Waals surface area contributed by atoms with Crippen LogP contribution in [0.5, 0.6) is 0 Å². The van der Waals surface area contributed by atoms with Crippen LogP contribution < -0.4 is 10.2 Å². The molecule has 1 aliphatic heterocycles. The number of thioether (sulfide) groups is 1. The van der Waals surface area contributed by atoms with Crippen molar-refractivity contribution in [2.24, 2.45) is 0 Å². The molecule has 1 fully saturated rings. The number of nitrogens with zero attached hydrogens (tertiary/aromatic N) is 2. The van der Waals surface area contributed by atoms with Crippen LogP contribution in [0.25, 0.3) is 0 Å². The molecule has 0 saturated carbocycles. The number of rotatable bonds is 7. The molecule has 2 aromatic rings. The highest BCUT2D eigenvalue weighted by Crippen LogP contribution is 2.30. The van der Waals surface area contributed by atoms with Crippen LogP contribution in [0.3, 0.4) is 0 Å². The molecular weight excluding hydrogens is 390 g/mol. The Hall–Kier alpha value is -2.38. The average molecular weight is 414 g/mol. The summed E-state index contributed by atoms with van der Waals surface area (Å²) in [6.07, 6.45) is 0.853. The molecule has 0 bridgehead atoms. The molecule has 5 nitrogen and oxygen atoms in total. The Morgan fingerprint density at radius 3 is 2.46 bits per heavy atom. The van der Waals surface area contributed by atoms with E-state index < -0.39 is 5.25 Å². The summed E-state index contributed by atoms with van der Waals surface area (Å²) in [7, 11) is 3.92. The predicted molar refractivity (Wildman–Crippen MR) is 120 cm³/mol. The Kier molecular flexibility index (Phi) is 6.70. The van der Waals surface area contributed by atoms with E-state index in [9.17, 15) is 9.59 Å². The highest BCUT2D eigenvalue weighted by molar-refractivity contribution is 8.24. The summed E-state index contributed by atoms with van der Waals surface area (Å²) in [5.41, 5.74) is 2.93. The topological polar surface area (TPSA) is 52.7 Å². The van der Waals surface area contributed by atoms with Gasteiger partial charge in [-0.1, -0.05) is 54.3 Å². The van der Waals surface area contributed by atoms with Gasteiger partial charge >= 0.3 is 0 Å². The number of hydrogen-bond acceptors (Lipinski definition) is 5. The number of hydrogen-bond donors (Lipinski definition) is 1. The van der Waals surface area contributed by atoms with Gasteiger partial charge in [-0.2, -0.15) is 0 Å².